The fourth-order valence-electron chi connectivity index (χ4n) is 4.66. The zero-order chi connectivity index (χ0) is 26.4. The topological polar surface area (TPSA) is 76.5 Å². The van der Waals surface area contributed by atoms with Gasteiger partial charge in [-0.05, 0) is 4.53 Å². The molecule has 4 aliphatic rings. The van der Waals surface area contributed by atoms with Crippen molar-refractivity contribution in [2.24, 2.45) is 0 Å². The summed E-state index contributed by atoms with van der Waals surface area (Å²) in [6.07, 6.45) is 6.79. The van der Waals surface area contributed by atoms with Crippen molar-refractivity contribution in [3.8, 4) is 0 Å². The van der Waals surface area contributed by atoms with Crippen molar-refractivity contribution in [2.45, 2.75) is 70.8 Å². The third-order valence-corrected chi connectivity index (χ3v) is 18.9. The summed E-state index contributed by atoms with van der Waals surface area (Å²) in [5, 5.41) is -2.62. The molecule has 0 unspecified atom stereocenters. The molecule has 1 saturated carbocycles. The molecule has 4 rings (SSSR count). The van der Waals surface area contributed by atoms with Crippen molar-refractivity contribution >= 4 is 99.3 Å². The van der Waals surface area contributed by atoms with Crippen molar-refractivity contribution in [3.63, 3.8) is 0 Å². The third-order valence-electron chi connectivity index (χ3n) is 6.44. The van der Waals surface area contributed by atoms with E-state index in [2.05, 4.69) is 34.2 Å². The predicted octanol–water partition coefficient (Wildman–Crippen LogP) is 6.70. The van der Waals surface area contributed by atoms with Crippen LogP contribution in [-0.2, 0) is 9.29 Å². The van der Waals surface area contributed by atoms with E-state index in [0.29, 0.717) is 0 Å². The molecule has 3 aliphatic heterocycles. The summed E-state index contributed by atoms with van der Waals surface area (Å²) in [7, 11) is -4.81. The first kappa shape index (κ1) is 33.8. The van der Waals surface area contributed by atoms with Crippen LogP contribution >= 0.6 is 99.3 Å². The second-order valence-corrected chi connectivity index (χ2v) is 19.2. The Morgan fingerprint density at radius 3 is 0.971 bits per heavy atom. The second kappa shape index (κ2) is 15.5. The molecule has 2 N–H and O–H groups in total. The Hall–Kier alpha value is 2.57. The number of hydrogen-bond donors (Lipinski definition) is 2. The molecule has 210 valence electrons. The van der Waals surface area contributed by atoms with E-state index < -0.39 is 46.5 Å². The Kier molecular flexibility index (Phi) is 15.0. The fraction of sp³-hybridized carbons (Fsp3) is 1.00. The molecule has 35 heavy (non-hydrogen) atoms. The van der Waals surface area contributed by atoms with Gasteiger partial charge in [-0.15, -0.1) is 69.6 Å². The molecule has 0 aromatic carbocycles. The SMILES string of the molecule is Br[PH](N1CCCC1)(N1CCCC1)N1CCCC1.Cl[C@H]1[C@H](Cl)[C@@H](Cl)[C@@H](Cl)[C@H](Cl)[C@H]1Cl.O=P(O)(O)OF. The van der Waals surface area contributed by atoms with Crippen molar-refractivity contribution in [3.05, 3.63) is 0 Å². The minimum absolute atomic E-state index is 0.437. The number of phosphoric acid groups is 1. The maximum Gasteiger partial charge on any atom is 0.500 e. The van der Waals surface area contributed by atoms with Crippen LogP contribution in [0.2, 0.25) is 0 Å². The van der Waals surface area contributed by atoms with Crippen LogP contribution in [0.3, 0.4) is 0 Å². The molecular formula is C18H33BrCl6FN3O4P2. The summed E-state index contributed by atoms with van der Waals surface area (Å²) in [5.74, 6) is 0. The van der Waals surface area contributed by atoms with Crippen molar-refractivity contribution < 1.29 is 23.6 Å². The van der Waals surface area contributed by atoms with Crippen LogP contribution in [0.4, 0.5) is 4.53 Å². The van der Waals surface area contributed by atoms with Gasteiger partial charge in [0.2, 0.25) is 0 Å². The number of rotatable bonds is 4. The summed E-state index contributed by atoms with van der Waals surface area (Å²) in [4.78, 5) is 14.7. The van der Waals surface area contributed by atoms with Gasteiger partial charge in [0.25, 0.3) is 0 Å². The Morgan fingerprint density at radius 2 is 0.829 bits per heavy atom. The van der Waals surface area contributed by atoms with Crippen LogP contribution in [0, 0.1) is 0 Å². The monoisotopic (exact) mass is 725 g/mol. The van der Waals surface area contributed by atoms with E-state index in [1.807, 2.05) is 0 Å². The molecule has 7 nitrogen and oxygen atoms in total. The van der Waals surface area contributed by atoms with E-state index in [-0.39, 0.29) is 0 Å². The molecule has 0 atom stereocenters. The summed E-state index contributed by atoms with van der Waals surface area (Å²) >= 11 is 39.6. The summed E-state index contributed by atoms with van der Waals surface area (Å²) in [6, 6.07) is 0. The number of halogens is 8. The standard InChI is InChI=1S/C12H25BrN3P.C6H6Cl6.FH2O4P/c13-17(14-7-1-2-8-14,15-9-3-4-10-15)16-11-5-6-12-16;7-1-2(8)4(10)6(12)5(11)3(1)9;1-5-6(2,3)4/h17H,1-12H2;1-6H;(H2,2,3,4)/t;1-,2-,3-,4+,5+,6+;. The van der Waals surface area contributed by atoms with Crippen molar-refractivity contribution in [1.29, 1.82) is 0 Å². The van der Waals surface area contributed by atoms with Gasteiger partial charge in [-0.3, -0.25) is 0 Å². The zero-order valence-corrected chi connectivity index (χ0v) is 27.0. The van der Waals surface area contributed by atoms with Gasteiger partial charge in [-0.2, -0.15) is 0 Å². The molecule has 3 heterocycles. The van der Waals surface area contributed by atoms with Gasteiger partial charge in [-0.25, -0.2) is 4.57 Å². The molecule has 0 amide bonds. The Morgan fingerprint density at radius 1 is 0.657 bits per heavy atom. The van der Waals surface area contributed by atoms with Gasteiger partial charge in [0.05, 0.1) is 32.3 Å². The van der Waals surface area contributed by atoms with E-state index in [1.165, 1.54) is 77.8 Å². The number of nitrogens with zero attached hydrogens (tertiary/aromatic N) is 3. The van der Waals surface area contributed by atoms with E-state index in [0.717, 1.165) is 0 Å². The summed E-state index contributed by atoms with van der Waals surface area (Å²) < 4.78 is 29.9. The average molecular weight is 729 g/mol. The molecule has 1 aliphatic carbocycles. The van der Waals surface area contributed by atoms with Gasteiger partial charge in [0, 0.05) is 0 Å². The maximum absolute atomic E-state index is 10.2. The first-order valence-corrected chi connectivity index (χ1v) is 19.7. The predicted molar refractivity (Wildman–Crippen MR) is 152 cm³/mol. The van der Waals surface area contributed by atoms with Crippen LogP contribution in [0.15, 0.2) is 0 Å². The van der Waals surface area contributed by atoms with Crippen molar-refractivity contribution in [2.75, 3.05) is 39.3 Å². The molecule has 17 heteroatoms. The molecule has 0 radical (unpaired) electrons. The smallest absolute Gasteiger partial charge is 0.301 e. The van der Waals surface area contributed by atoms with E-state index in [1.54, 1.807) is 0 Å². The molecule has 3 saturated heterocycles. The minimum Gasteiger partial charge on any atom is -0.301 e. The Labute approximate surface area is 245 Å². The molecule has 4 fully saturated rings. The fourth-order valence-corrected chi connectivity index (χ4v) is 14.0. The molecule has 0 aromatic heterocycles. The van der Waals surface area contributed by atoms with E-state index >= 15 is 0 Å². The average Bonchev–Trinajstić information content (AvgIpc) is 3.63. The third kappa shape index (κ3) is 9.30. The first-order valence-electron chi connectivity index (χ1n) is 11.5. The molecule has 0 aromatic rings. The Bertz CT molecular complexity index is 593. The van der Waals surface area contributed by atoms with Gasteiger partial charge in [0.1, 0.15) is 0 Å². The van der Waals surface area contributed by atoms with E-state index in [9.17, 15) is 4.53 Å². The Balaban J connectivity index is 0.000000210. The second-order valence-electron chi connectivity index (χ2n) is 8.86. The molecule has 0 spiro atoms. The summed E-state index contributed by atoms with van der Waals surface area (Å²) in [5.41, 5.74) is 0. The minimum atomic E-state index is -4.81. The van der Waals surface area contributed by atoms with E-state index in [4.69, 9.17) is 84.0 Å². The van der Waals surface area contributed by atoms with Gasteiger partial charge in [0.15, 0.2) is 0 Å². The number of hydrogen-bond acceptors (Lipinski definition) is 5. The normalized spacial score (nSPS) is 35.8. The van der Waals surface area contributed by atoms with Crippen LogP contribution in [-0.4, -0.2) is 95.3 Å². The molecular weight excluding hydrogens is 696 g/mol. The molecule has 0 bridgehead atoms. The van der Waals surface area contributed by atoms with Gasteiger partial charge in [-0.1, -0.05) is 4.73 Å². The van der Waals surface area contributed by atoms with Crippen LogP contribution in [0.1, 0.15) is 38.5 Å². The van der Waals surface area contributed by atoms with Crippen LogP contribution < -0.4 is 0 Å². The largest absolute Gasteiger partial charge is 0.500 e. The van der Waals surface area contributed by atoms with Gasteiger partial charge < -0.3 is 9.79 Å². The quantitative estimate of drug-likeness (QED) is 0.247. The maximum atomic E-state index is 10.2. The van der Waals surface area contributed by atoms with Crippen LogP contribution in [0.5, 0.6) is 0 Å². The summed E-state index contributed by atoms with van der Waals surface area (Å²) in [6.45, 7) is 7.94. The van der Waals surface area contributed by atoms with Crippen LogP contribution in [0.25, 0.3) is 0 Å². The first-order chi connectivity index (χ1) is 16.3. The van der Waals surface area contributed by atoms with Crippen molar-refractivity contribution in [1.82, 2.24) is 14.0 Å². The number of alkyl halides is 6. The van der Waals surface area contributed by atoms with Gasteiger partial charge >= 0.3 is 122 Å². The zero-order valence-electron chi connectivity index (χ0n) is 19.0.